The summed E-state index contributed by atoms with van der Waals surface area (Å²) < 4.78 is 22.6. The number of aliphatic imine (C=N–C) groups is 2. The number of rotatable bonds is 11. The van der Waals surface area contributed by atoms with E-state index in [1.165, 1.54) is 0 Å². The van der Waals surface area contributed by atoms with Crippen molar-refractivity contribution < 1.29 is 18.9 Å². The molecule has 0 saturated carbocycles. The predicted octanol–water partition coefficient (Wildman–Crippen LogP) is 6.74. The van der Waals surface area contributed by atoms with Crippen molar-refractivity contribution in [3.05, 3.63) is 119 Å². The second-order valence-electron chi connectivity index (χ2n) is 8.41. The molecular formula is C32H32N2O4. The standard InChI is InChI=1S/C32H32N2O4/c1-35-27-17-9-5-13-23(27)21-33-31(25-15-7-11-19-29(25)37-3)32(26-16-8-12-20-30(26)38-4)34-22-24-14-6-10-18-28(24)36-2/h5-22,31-32H,1-4H3/t31-,32+. The number of para-hydroxylation sites is 4. The Bertz CT molecular complexity index is 1290. The molecule has 0 saturated heterocycles. The van der Waals surface area contributed by atoms with E-state index < -0.39 is 12.1 Å². The van der Waals surface area contributed by atoms with Crippen LogP contribution in [0, 0.1) is 0 Å². The number of benzene rings is 4. The topological polar surface area (TPSA) is 61.6 Å². The smallest absolute Gasteiger partial charge is 0.127 e. The lowest BCUT2D eigenvalue weighted by Gasteiger charge is -2.25. The van der Waals surface area contributed by atoms with Crippen LogP contribution < -0.4 is 18.9 Å². The first-order valence-corrected chi connectivity index (χ1v) is 12.3. The molecule has 4 rings (SSSR count). The Hall–Kier alpha value is -4.58. The molecule has 0 fully saturated rings. The van der Waals surface area contributed by atoms with Crippen molar-refractivity contribution in [1.29, 1.82) is 0 Å². The minimum absolute atomic E-state index is 0.446. The molecule has 0 aromatic heterocycles. The van der Waals surface area contributed by atoms with Gasteiger partial charge in [-0.25, -0.2) is 0 Å². The molecule has 0 heterocycles. The average Bonchev–Trinajstić information content (AvgIpc) is 2.99. The normalized spacial score (nSPS) is 12.8. The summed E-state index contributed by atoms with van der Waals surface area (Å²) in [6, 6.07) is 30.4. The molecule has 0 aliphatic heterocycles. The van der Waals surface area contributed by atoms with E-state index >= 15 is 0 Å². The minimum atomic E-state index is -0.446. The highest BCUT2D eigenvalue weighted by molar-refractivity contribution is 5.85. The van der Waals surface area contributed by atoms with Crippen molar-refractivity contribution in [3.8, 4) is 23.0 Å². The molecular weight excluding hydrogens is 476 g/mol. The van der Waals surface area contributed by atoms with Crippen LogP contribution in [-0.2, 0) is 0 Å². The Labute approximate surface area is 224 Å². The maximum absolute atomic E-state index is 5.76. The van der Waals surface area contributed by atoms with Crippen LogP contribution in [0.2, 0.25) is 0 Å². The first-order chi connectivity index (χ1) is 18.7. The van der Waals surface area contributed by atoms with Crippen LogP contribution in [0.5, 0.6) is 23.0 Å². The van der Waals surface area contributed by atoms with Crippen LogP contribution in [0.25, 0.3) is 0 Å². The zero-order valence-electron chi connectivity index (χ0n) is 22.1. The second kappa shape index (κ2) is 13.1. The van der Waals surface area contributed by atoms with E-state index in [2.05, 4.69) is 0 Å². The van der Waals surface area contributed by atoms with E-state index in [-0.39, 0.29) is 0 Å². The lowest BCUT2D eigenvalue weighted by Crippen LogP contribution is -2.12. The van der Waals surface area contributed by atoms with Crippen LogP contribution in [0.1, 0.15) is 34.3 Å². The molecule has 0 N–H and O–H groups in total. The van der Waals surface area contributed by atoms with Gasteiger partial charge < -0.3 is 18.9 Å². The van der Waals surface area contributed by atoms with Crippen molar-refractivity contribution in [2.24, 2.45) is 9.98 Å². The molecule has 0 aliphatic carbocycles. The van der Waals surface area contributed by atoms with Gasteiger partial charge in [0.25, 0.3) is 0 Å². The number of nitrogens with zero attached hydrogens (tertiary/aromatic N) is 2. The van der Waals surface area contributed by atoms with Crippen LogP contribution in [0.15, 0.2) is 107 Å². The van der Waals surface area contributed by atoms with E-state index in [0.29, 0.717) is 0 Å². The van der Waals surface area contributed by atoms with Gasteiger partial charge in [0.2, 0.25) is 0 Å². The number of ether oxygens (including phenoxy) is 4. The lowest BCUT2D eigenvalue weighted by molar-refractivity contribution is 0.392. The quantitative estimate of drug-likeness (QED) is 0.211. The molecule has 6 heteroatoms. The van der Waals surface area contributed by atoms with E-state index in [4.69, 9.17) is 28.9 Å². The summed E-state index contributed by atoms with van der Waals surface area (Å²) in [5, 5.41) is 0. The summed E-state index contributed by atoms with van der Waals surface area (Å²) in [6.07, 6.45) is 3.66. The Balaban J connectivity index is 1.91. The number of hydrogen-bond acceptors (Lipinski definition) is 6. The fraction of sp³-hybridized carbons (Fsp3) is 0.188. The molecule has 0 unspecified atom stereocenters. The van der Waals surface area contributed by atoms with Gasteiger partial charge in [-0.15, -0.1) is 0 Å². The molecule has 0 aliphatic rings. The molecule has 38 heavy (non-hydrogen) atoms. The Kier molecular flexibility index (Phi) is 9.13. The molecule has 0 radical (unpaired) electrons. The van der Waals surface area contributed by atoms with Gasteiger partial charge in [-0.05, 0) is 36.4 Å². The Morgan fingerprint density at radius 1 is 0.447 bits per heavy atom. The summed E-state index contributed by atoms with van der Waals surface area (Å²) in [5.74, 6) is 2.92. The van der Waals surface area contributed by atoms with Crippen LogP contribution in [0.4, 0.5) is 0 Å². The second-order valence-corrected chi connectivity index (χ2v) is 8.41. The fourth-order valence-corrected chi connectivity index (χ4v) is 4.35. The van der Waals surface area contributed by atoms with Gasteiger partial charge in [-0.3, -0.25) is 9.98 Å². The van der Waals surface area contributed by atoms with Crippen molar-refractivity contribution in [3.63, 3.8) is 0 Å². The maximum Gasteiger partial charge on any atom is 0.127 e. The maximum atomic E-state index is 5.76. The minimum Gasteiger partial charge on any atom is -0.496 e. The molecule has 4 aromatic carbocycles. The molecule has 194 valence electrons. The lowest BCUT2D eigenvalue weighted by atomic mass is 9.92. The molecule has 6 nitrogen and oxygen atoms in total. The van der Waals surface area contributed by atoms with Crippen LogP contribution in [-0.4, -0.2) is 40.9 Å². The summed E-state index contributed by atoms with van der Waals surface area (Å²) in [7, 11) is 6.63. The molecule has 4 aromatic rings. The van der Waals surface area contributed by atoms with Crippen molar-refractivity contribution >= 4 is 12.4 Å². The first-order valence-electron chi connectivity index (χ1n) is 12.3. The molecule has 0 bridgehead atoms. The summed E-state index contributed by atoms with van der Waals surface area (Å²) in [5.41, 5.74) is 3.52. The third kappa shape index (κ3) is 6.03. The van der Waals surface area contributed by atoms with Gasteiger partial charge in [0.05, 0.1) is 28.4 Å². The van der Waals surface area contributed by atoms with Crippen molar-refractivity contribution in [2.45, 2.75) is 12.1 Å². The van der Waals surface area contributed by atoms with Gasteiger partial charge in [-0.1, -0.05) is 60.7 Å². The zero-order valence-corrected chi connectivity index (χ0v) is 22.1. The monoisotopic (exact) mass is 508 g/mol. The van der Waals surface area contributed by atoms with Crippen LogP contribution in [0.3, 0.4) is 0 Å². The van der Waals surface area contributed by atoms with Gasteiger partial charge in [-0.2, -0.15) is 0 Å². The van der Waals surface area contributed by atoms with E-state index in [1.807, 2.05) is 109 Å². The highest BCUT2D eigenvalue weighted by Crippen LogP contribution is 2.42. The summed E-state index contributed by atoms with van der Waals surface area (Å²) in [4.78, 5) is 10.2. The summed E-state index contributed by atoms with van der Waals surface area (Å²) >= 11 is 0. The van der Waals surface area contributed by atoms with Gasteiger partial charge >= 0.3 is 0 Å². The summed E-state index contributed by atoms with van der Waals surface area (Å²) in [6.45, 7) is 0. The Morgan fingerprint density at radius 2 is 0.763 bits per heavy atom. The fourth-order valence-electron chi connectivity index (χ4n) is 4.35. The average molecular weight is 509 g/mol. The van der Waals surface area contributed by atoms with E-state index in [0.717, 1.165) is 45.3 Å². The Morgan fingerprint density at radius 3 is 1.13 bits per heavy atom. The molecule has 0 spiro atoms. The predicted molar refractivity (Wildman–Crippen MR) is 153 cm³/mol. The van der Waals surface area contributed by atoms with E-state index in [9.17, 15) is 0 Å². The zero-order chi connectivity index (χ0) is 26.7. The van der Waals surface area contributed by atoms with Crippen LogP contribution >= 0.6 is 0 Å². The third-order valence-corrected chi connectivity index (χ3v) is 6.24. The third-order valence-electron chi connectivity index (χ3n) is 6.24. The van der Waals surface area contributed by atoms with Crippen molar-refractivity contribution in [2.75, 3.05) is 28.4 Å². The molecule has 0 amide bonds. The number of hydrogen-bond donors (Lipinski definition) is 0. The molecule has 2 atom stereocenters. The van der Waals surface area contributed by atoms with Gasteiger partial charge in [0.1, 0.15) is 35.1 Å². The van der Waals surface area contributed by atoms with E-state index in [1.54, 1.807) is 28.4 Å². The number of methoxy groups -OCH3 is 4. The van der Waals surface area contributed by atoms with Crippen molar-refractivity contribution in [1.82, 2.24) is 0 Å². The highest BCUT2D eigenvalue weighted by Gasteiger charge is 2.28. The SMILES string of the molecule is COc1ccccc1C=N[C@H](c1ccccc1OC)[C@@H](N=Cc1ccccc1OC)c1ccccc1OC. The first kappa shape index (κ1) is 26.5. The highest BCUT2D eigenvalue weighted by atomic mass is 16.5. The van der Waals surface area contributed by atoms with Gasteiger partial charge in [0.15, 0.2) is 0 Å². The van der Waals surface area contributed by atoms with Gasteiger partial charge in [0, 0.05) is 34.7 Å². The largest absolute Gasteiger partial charge is 0.496 e.